The minimum atomic E-state index is -0.142. The second-order valence-corrected chi connectivity index (χ2v) is 4.09. The fourth-order valence-corrected chi connectivity index (χ4v) is 2.12. The van der Waals surface area contributed by atoms with Crippen LogP contribution in [-0.2, 0) is 0 Å². The Morgan fingerprint density at radius 1 is 1.56 bits per heavy atom. The molecule has 0 spiro atoms. The second kappa shape index (κ2) is 6.55. The van der Waals surface area contributed by atoms with Crippen LogP contribution < -0.4 is 0 Å². The van der Waals surface area contributed by atoms with E-state index < -0.39 is 0 Å². The second-order valence-electron chi connectivity index (χ2n) is 3.48. The van der Waals surface area contributed by atoms with Gasteiger partial charge in [-0.15, -0.1) is 5.10 Å². The molecular formula is C10H17N3O2S. The predicted molar refractivity (Wildman–Crippen MR) is 62.4 cm³/mol. The van der Waals surface area contributed by atoms with Crippen LogP contribution in [0.25, 0.3) is 0 Å². The number of hydrogen-bond donors (Lipinski definition) is 1. The zero-order chi connectivity index (χ0) is 12.0. The van der Waals surface area contributed by atoms with Crippen molar-refractivity contribution in [3.8, 4) is 0 Å². The lowest BCUT2D eigenvalue weighted by atomic mass is 10.1. The van der Waals surface area contributed by atoms with Crippen molar-refractivity contribution in [2.45, 2.75) is 32.7 Å². The maximum absolute atomic E-state index is 12.1. The fraction of sp³-hybridized carbons (Fsp3) is 0.700. The Balaban J connectivity index is 2.80. The quantitative estimate of drug-likeness (QED) is 0.814. The number of carbonyl (C=O) groups excluding carboxylic acids is 1. The molecule has 0 aliphatic heterocycles. The lowest BCUT2D eigenvalue weighted by Gasteiger charge is -2.29. The van der Waals surface area contributed by atoms with Gasteiger partial charge in [-0.25, -0.2) is 0 Å². The molecule has 0 atom stereocenters. The highest BCUT2D eigenvalue weighted by Gasteiger charge is 2.23. The molecule has 1 aromatic heterocycles. The number of rotatable bonds is 6. The van der Waals surface area contributed by atoms with Crippen LogP contribution in [-0.4, -0.2) is 44.7 Å². The molecule has 1 amide bonds. The summed E-state index contributed by atoms with van der Waals surface area (Å²) in [5, 5.41) is 14.4. The summed E-state index contributed by atoms with van der Waals surface area (Å²) in [7, 11) is 0. The van der Waals surface area contributed by atoms with Crippen LogP contribution in [0.4, 0.5) is 0 Å². The molecule has 16 heavy (non-hydrogen) atoms. The molecule has 0 unspecified atom stereocenters. The van der Waals surface area contributed by atoms with Crippen molar-refractivity contribution in [1.82, 2.24) is 14.5 Å². The zero-order valence-electron chi connectivity index (χ0n) is 9.59. The molecular weight excluding hydrogens is 226 g/mol. The molecule has 6 heteroatoms. The van der Waals surface area contributed by atoms with Crippen LogP contribution in [0.1, 0.15) is 37.2 Å². The van der Waals surface area contributed by atoms with Crippen LogP contribution in [0.15, 0.2) is 5.38 Å². The fourth-order valence-electron chi connectivity index (χ4n) is 1.69. The van der Waals surface area contributed by atoms with E-state index in [0.29, 0.717) is 12.2 Å². The first kappa shape index (κ1) is 13.1. The lowest BCUT2D eigenvalue weighted by molar-refractivity contribution is 0.0616. The molecule has 1 N–H and O–H groups in total. The first-order valence-corrected chi connectivity index (χ1v) is 6.27. The maximum Gasteiger partial charge on any atom is 0.275 e. The summed E-state index contributed by atoms with van der Waals surface area (Å²) in [5.74, 6) is -0.142. The lowest BCUT2D eigenvalue weighted by Crippen LogP contribution is -2.41. The molecule has 0 aromatic carbocycles. The number of hydrogen-bond acceptors (Lipinski definition) is 5. The van der Waals surface area contributed by atoms with Gasteiger partial charge in [-0.1, -0.05) is 18.3 Å². The molecule has 0 saturated heterocycles. The van der Waals surface area contributed by atoms with Gasteiger partial charge in [-0.2, -0.15) is 0 Å². The molecule has 1 rings (SSSR count). The SMILES string of the molecule is CCC(CC)N(CCO)C(=O)c1csnn1. The van der Waals surface area contributed by atoms with Crippen molar-refractivity contribution < 1.29 is 9.90 Å². The molecule has 0 aliphatic carbocycles. The van der Waals surface area contributed by atoms with E-state index >= 15 is 0 Å². The molecule has 0 bridgehead atoms. The van der Waals surface area contributed by atoms with Gasteiger partial charge in [0.25, 0.3) is 5.91 Å². The summed E-state index contributed by atoms with van der Waals surface area (Å²) >= 11 is 1.16. The van der Waals surface area contributed by atoms with Crippen LogP contribution in [0.5, 0.6) is 0 Å². The number of nitrogens with zero attached hydrogens (tertiary/aromatic N) is 3. The number of aliphatic hydroxyl groups is 1. The number of aromatic nitrogens is 2. The smallest absolute Gasteiger partial charge is 0.275 e. The van der Waals surface area contributed by atoms with Gasteiger partial charge in [0.2, 0.25) is 0 Å². The van der Waals surface area contributed by atoms with E-state index in [4.69, 9.17) is 5.11 Å². The van der Waals surface area contributed by atoms with Crippen LogP contribution in [0, 0.1) is 0 Å². The third-order valence-electron chi connectivity index (χ3n) is 2.56. The Labute approximate surface area is 99.3 Å². The van der Waals surface area contributed by atoms with E-state index in [1.807, 2.05) is 13.8 Å². The summed E-state index contributed by atoms with van der Waals surface area (Å²) < 4.78 is 3.68. The standard InChI is InChI=1S/C10H17N3O2S/c1-3-8(4-2)13(5-6-14)10(15)9-7-16-12-11-9/h7-8,14H,3-6H2,1-2H3. The van der Waals surface area contributed by atoms with Gasteiger partial charge < -0.3 is 10.0 Å². The summed E-state index contributed by atoms with van der Waals surface area (Å²) in [5.41, 5.74) is 0.366. The van der Waals surface area contributed by atoms with Gasteiger partial charge in [0.05, 0.1) is 6.61 Å². The third kappa shape index (κ3) is 2.99. The Hall–Kier alpha value is -1.01. The van der Waals surface area contributed by atoms with Gasteiger partial charge in [0.15, 0.2) is 5.69 Å². The third-order valence-corrected chi connectivity index (χ3v) is 3.07. The average Bonchev–Trinajstić information content (AvgIpc) is 2.82. The number of carbonyl (C=O) groups is 1. The van der Waals surface area contributed by atoms with Crippen molar-refractivity contribution in [1.29, 1.82) is 0 Å². The normalized spacial score (nSPS) is 10.8. The van der Waals surface area contributed by atoms with E-state index in [-0.39, 0.29) is 18.6 Å². The predicted octanol–water partition coefficient (Wildman–Crippen LogP) is 1.16. The van der Waals surface area contributed by atoms with E-state index in [2.05, 4.69) is 9.59 Å². The Kier molecular flexibility index (Phi) is 5.34. The highest BCUT2D eigenvalue weighted by Crippen LogP contribution is 2.12. The van der Waals surface area contributed by atoms with Crippen molar-refractivity contribution in [2.75, 3.05) is 13.2 Å². The molecule has 0 aliphatic rings. The molecule has 90 valence electrons. The molecule has 1 aromatic rings. The van der Waals surface area contributed by atoms with Gasteiger partial charge in [0.1, 0.15) is 0 Å². The zero-order valence-corrected chi connectivity index (χ0v) is 10.4. The van der Waals surface area contributed by atoms with Gasteiger partial charge in [0, 0.05) is 18.0 Å². The van der Waals surface area contributed by atoms with Crippen LogP contribution in [0.2, 0.25) is 0 Å². The molecule has 0 saturated carbocycles. The van der Waals surface area contributed by atoms with Gasteiger partial charge in [-0.3, -0.25) is 4.79 Å². The minimum absolute atomic E-state index is 0.0280. The Morgan fingerprint density at radius 2 is 2.25 bits per heavy atom. The summed E-state index contributed by atoms with van der Waals surface area (Å²) in [6.45, 7) is 4.39. The maximum atomic E-state index is 12.1. The highest BCUT2D eigenvalue weighted by molar-refractivity contribution is 7.03. The largest absolute Gasteiger partial charge is 0.395 e. The summed E-state index contributed by atoms with van der Waals surface area (Å²) in [6, 6.07) is 0.154. The van der Waals surface area contributed by atoms with E-state index in [0.717, 1.165) is 24.4 Å². The van der Waals surface area contributed by atoms with Gasteiger partial charge in [-0.05, 0) is 24.4 Å². The van der Waals surface area contributed by atoms with E-state index in [9.17, 15) is 4.79 Å². The van der Waals surface area contributed by atoms with Crippen molar-refractivity contribution in [2.24, 2.45) is 0 Å². The number of amides is 1. The van der Waals surface area contributed by atoms with Crippen molar-refractivity contribution in [3.63, 3.8) is 0 Å². The highest BCUT2D eigenvalue weighted by atomic mass is 32.1. The van der Waals surface area contributed by atoms with E-state index in [1.54, 1.807) is 10.3 Å². The monoisotopic (exact) mass is 243 g/mol. The Bertz CT molecular complexity index is 312. The molecule has 0 fully saturated rings. The average molecular weight is 243 g/mol. The van der Waals surface area contributed by atoms with E-state index in [1.165, 1.54) is 0 Å². The van der Waals surface area contributed by atoms with Crippen LogP contribution in [0.3, 0.4) is 0 Å². The first-order valence-electron chi connectivity index (χ1n) is 5.43. The first-order chi connectivity index (χ1) is 7.74. The van der Waals surface area contributed by atoms with Gasteiger partial charge >= 0.3 is 0 Å². The summed E-state index contributed by atoms with van der Waals surface area (Å²) in [6.07, 6.45) is 1.75. The Morgan fingerprint density at radius 3 is 2.69 bits per heavy atom. The van der Waals surface area contributed by atoms with Crippen LogP contribution >= 0.6 is 11.5 Å². The minimum Gasteiger partial charge on any atom is -0.395 e. The molecule has 0 radical (unpaired) electrons. The summed E-state index contributed by atoms with van der Waals surface area (Å²) in [4.78, 5) is 13.8. The molecule has 1 heterocycles. The molecule has 5 nitrogen and oxygen atoms in total. The number of aliphatic hydroxyl groups excluding tert-OH is 1. The van der Waals surface area contributed by atoms with Crippen molar-refractivity contribution >= 4 is 17.4 Å². The topological polar surface area (TPSA) is 66.3 Å². The van der Waals surface area contributed by atoms with Crippen molar-refractivity contribution in [3.05, 3.63) is 11.1 Å².